The summed E-state index contributed by atoms with van der Waals surface area (Å²) in [4.78, 5) is 19.1. The molecule has 1 heterocycles. The molecule has 0 atom stereocenters. The Balaban J connectivity index is 2.38. The Kier molecular flexibility index (Phi) is 4.89. The number of nitrogens with one attached hydrogen (secondary N) is 1. The van der Waals surface area contributed by atoms with E-state index in [4.69, 9.17) is 11.6 Å². The molecule has 0 bridgehead atoms. The van der Waals surface area contributed by atoms with Crippen LogP contribution in [-0.2, 0) is 14.6 Å². The van der Waals surface area contributed by atoms with Gasteiger partial charge in [-0.2, -0.15) is 0 Å². The molecular weight excluding hydrogens is 326 g/mol. The van der Waals surface area contributed by atoms with Crippen LogP contribution < -0.4 is 5.32 Å². The topological polar surface area (TPSA) is 89.0 Å². The van der Waals surface area contributed by atoms with Crippen LogP contribution in [0.15, 0.2) is 58.7 Å². The van der Waals surface area contributed by atoms with E-state index < -0.39 is 15.6 Å². The van der Waals surface area contributed by atoms with E-state index in [0.717, 1.165) is 6.20 Å². The second kappa shape index (κ2) is 6.67. The Labute approximate surface area is 132 Å². The van der Waals surface area contributed by atoms with Crippen LogP contribution in [0.4, 0.5) is 5.95 Å². The third-order valence-corrected chi connectivity index (χ3v) is 4.79. The number of benzene rings is 1. The Morgan fingerprint density at radius 1 is 1.18 bits per heavy atom. The predicted octanol–water partition coefficient (Wildman–Crippen LogP) is 2.45. The third-order valence-electron chi connectivity index (χ3n) is 2.66. The average molecular weight is 338 g/mol. The molecule has 0 radical (unpaired) electrons. The number of hydrogen-bond acceptors (Lipinski definition) is 6. The number of Topliss-reactive ketones (excluding diaryl/α,β-unsaturated/α-hetero) is 1. The number of carbonyl (C=O) groups is 1. The fourth-order valence-electron chi connectivity index (χ4n) is 1.61. The SMILES string of the molecule is CC(=O)C(=CNc1ncccn1)S(=O)(=O)c1ccc(Cl)cc1. The van der Waals surface area contributed by atoms with Gasteiger partial charge in [0.25, 0.3) is 0 Å². The Hall–Kier alpha value is -2.25. The minimum Gasteiger partial charge on any atom is -0.329 e. The van der Waals surface area contributed by atoms with Crippen molar-refractivity contribution in [1.29, 1.82) is 0 Å². The van der Waals surface area contributed by atoms with Crippen molar-refractivity contribution in [3.05, 3.63) is 58.9 Å². The number of rotatable bonds is 5. The summed E-state index contributed by atoms with van der Waals surface area (Å²) in [6.45, 7) is 1.17. The molecule has 8 heteroatoms. The van der Waals surface area contributed by atoms with Crippen LogP contribution in [0.3, 0.4) is 0 Å². The van der Waals surface area contributed by atoms with Gasteiger partial charge in [-0.3, -0.25) is 4.79 Å². The molecule has 0 saturated heterocycles. The summed E-state index contributed by atoms with van der Waals surface area (Å²) in [5.74, 6) is -0.411. The van der Waals surface area contributed by atoms with Gasteiger partial charge in [0.15, 0.2) is 5.78 Å². The van der Waals surface area contributed by atoms with E-state index in [9.17, 15) is 13.2 Å². The highest BCUT2D eigenvalue weighted by Gasteiger charge is 2.24. The van der Waals surface area contributed by atoms with Crippen molar-refractivity contribution < 1.29 is 13.2 Å². The summed E-state index contributed by atoms with van der Waals surface area (Å²) >= 11 is 5.74. The molecule has 0 aliphatic rings. The van der Waals surface area contributed by atoms with Gasteiger partial charge in [0.2, 0.25) is 15.8 Å². The van der Waals surface area contributed by atoms with Crippen molar-refractivity contribution in [1.82, 2.24) is 9.97 Å². The molecule has 0 aliphatic carbocycles. The first-order valence-corrected chi connectivity index (χ1v) is 8.02. The fourth-order valence-corrected chi connectivity index (χ4v) is 3.08. The molecule has 22 heavy (non-hydrogen) atoms. The molecule has 1 aromatic carbocycles. The van der Waals surface area contributed by atoms with Crippen LogP contribution in [0.5, 0.6) is 0 Å². The zero-order chi connectivity index (χ0) is 16.2. The molecule has 0 spiro atoms. The first-order valence-electron chi connectivity index (χ1n) is 6.16. The normalized spacial score (nSPS) is 12.0. The van der Waals surface area contributed by atoms with Crippen LogP contribution >= 0.6 is 11.6 Å². The second-order valence-corrected chi connectivity index (χ2v) is 6.59. The maximum atomic E-state index is 12.5. The molecule has 1 N–H and O–H groups in total. The van der Waals surface area contributed by atoms with Gasteiger partial charge in [-0.15, -0.1) is 0 Å². The lowest BCUT2D eigenvalue weighted by atomic mass is 10.4. The maximum Gasteiger partial charge on any atom is 0.226 e. The summed E-state index contributed by atoms with van der Waals surface area (Å²) in [6.07, 6.45) is 4.07. The Bertz CT molecular complexity index is 803. The maximum absolute atomic E-state index is 12.5. The molecule has 0 amide bonds. The number of allylic oxidation sites excluding steroid dienone is 1. The van der Waals surface area contributed by atoms with Gasteiger partial charge in [0, 0.05) is 23.6 Å². The first-order chi connectivity index (χ1) is 10.4. The van der Waals surface area contributed by atoms with E-state index in [0.29, 0.717) is 5.02 Å². The van der Waals surface area contributed by atoms with Crippen molar-refractivity contribution in [3.8, 4) is 0 Å². The smallest absolute Gasteiger partial charge is 0.226 e. The average Bonchev–Trinajstić information content (AvgIpc) is 2.48. The molecule has 0 saturated carbocycles. The zero-order valence-electron chi connectivity index (χ0n) is 11.5. The number of halogens is 1. The molecule has 1 aromatic heterocycles. The van der Waals surface area contributed by atoms with Crippen molar-refractivity contribution in [2.75, 3.05) is 5.32 Å². The monoisotopic (exact) mass is 337 g/mol. The number of hydrogen-bond donors (Lipinski definition) is 1. The summed E-state index contributed by atoms with van der Waals surface area (Å²) in [6, 6.07) is 7.19. The van der Waals surface area contributed by atoms with Crippen LogP contribution in [0.25, 0.3) is 0 Å². The number of anilines is 1. The van der Waals surface area contributed by atoms with Gasteiger partial charge in [0.05, 0.1) is 4.90 Å². The summed E-state index contributed by atoms with van der Waals surface area (Å²) in [7, 11) is -3.95. The number of carbonyl (C=O) groups excluding carboxylic acids is 1. The lowest BCUT2D eigenvalue weighted by molar-refractivity contribution is -0.113. The third kappa shape index (κ3) is 3.69. The van der Waals surface area contributed by atoms with Crippen molar-refractivity contribution in [2.24, 2.45) is 0 Å². The van der Waals surface area contributed by atoms with Gasteiger partial charge in [-0.1, -0.05) is 11.6 Å². The van der Waals surface area contributed by atoms with Crippen LogP contribution in [-0.4, -0.2) is 24.2 Å². The van der Waals surface area contributed by atoms with Gasteiger partial charge >= 0.3 is 0 Å². The molecule has 2 rings (SSSR count). The summed E-state index contributed by atoms with van der Waals surface area (Å²) in [5, 5.41) is 3.01. The van der Waals surface area contributed by atoms with E-state index in [1.807, 2.05) is 0 Å². The molecule has 0 fully saturated rings. The van der Waals surface area contributed by atoms with Gasteiger partial charge in [-0.25, -0.2) is 18.4 Å². The van der Waals surface area contributed by atoms with Crippen LogP contribution in [0.2, 0.25) is 5.02 Å². The number of ketones is 1. The van der Waals surface area contributed by atoms with Crippen molar-refractivity contribution in [3.63, 3.8) is 0 Å². The number of sulfone groups is 1. The Morgan fingerprint density at radius 2 is 1.77 bits per heavy atom. The first kappa shape index (κ1) is 16.1. The molecular formula is C14H12ClN3O3S. The Morgan fingerprint density at radius 3 is 2.32 bits per heavy atom. The van der Waals surface area contributed by atoms with E-state index in [2.05, 4.69) is 15.3 Å². The van der Waals surface area contributed by atoms with Gasteiger partial charge in [0.1, 0.15) is 4.91 Å². The van der Waals surface area contributed by atoms with Crippen LogP contribution in [0, 0.1) is 0 Å². The molecule has 0 aliphatic heterocycles. The minimum absolute atomic E-state index is 0.0193. The lowest BCUT2D eigenvalue weighted by Crippen LogP contribution is -2.13. The highest BCUT2D eigenvalue weighted by molar-refractivity contribution is 7.96. The lowest BCUT2D eigenvalue weighted by Gasteiger charge is -2.07. The fraction of sp³-hybridized carbons (Fsp3) is 0.0714. The minimum atomic E-state index is -3.95. The highest BCUT2D eigenvalue weighted by Crippen LogP contribution is 2.22. The molecule has 114 valence electrons. The van der Waals surface area contributed by atoms with Crippen molar-refractivity contribution in [2.45, 2.75) is 11.8 Å². The molecule has 2 aromatic rings. The number of nitrogens with zero attached hydrogens (tertiary/aromatic N) is 2. The zero-order valence-corrected chi connectivity index (χ0v) is 13.1. The molecule has 0 unspecified atom stereocenters. The second-order valence-electron chi connectivity index (χ2n) is 4.24. The van der Waals surface area contributed by atoms with Crippen LogP contribution in [0.1, 0.15) is 6.92 Å². The summed E-state index contributed by atoms with van der Waals surface area (Å²) in [5.41, 5.74) is 0. The van der Waals surface area contributed by atoms with Crippen molar-refractivity contribution >= 4 is 33.2 Å². The van der Waals surface area contributed by atoms with E-state index in [1.165, 1.54) is 43.6 Å². The highest BCUT2D eigenvalue weighted by atomic mass is 35.5. The predicted molar refractivity (Wildman–Crippen MR) is 83.1 cm³/mol. The van der Waals surface area contributed by atoms with Gasteiger partial charge < -0.3 is 5.32 Å². The standard InChI is InChI=1S/C14H12ClN3O3S/c1-10(19)13(9-18-14-16-7-2-8-17-14)22(20,21)12-5-3-11(15)4-6-12/h2-9H,1H3,(H,16,17,18). The van der Waals surface area contributed by atoms with E-state index >= 15 is 0 Å². The largest absolute Gasteiger partial charge is 0.329 e. The number of aromatic nitrogens is 2. The quantitative estimate of drug-likeness (QED) is 0.843. The van der Waals surface area contributed by atoms with Gasteiger partial charge in [-0.05, 0) is 37.3 Å². The summed E-state index contributed by atoms with van der Waals surface area (Å²) < 4.78 is 25.0. The van der Waals surface area contributed by atoms with E-state index in [1.54, 1.807) is 6.07 Å². The molecule has 6 nitrogen and oxygen atoms in total. The van der Waals surface area contributed by atoms with E-state index in [-0.39, 0.29) is 15.7 Å².